The Kier molecular flexibility index (Phi) is 6.53. The van der Waals surface area contributed by atoms with Crippen molar-refractivity contribution >= 4 is 28.3 Å². The predicted molar refractivity (Wildman–Crippen MR) is 132 cm³/mol. The molecule has 0 saturated carbocycles. The van der Waals surface area contributed by atoms with Crippen LogP contribution in [0.15, 0.2) is 60.7 Å². The van der Waals surface area contributed by atoms with Gasteiger partial charge in [-0.15, -0.1) is 11.3 Å². The molecule has 5 nitrogen and oxygen atoms in total. The number of aromatic nitrogens is 1. The maximum absolute atomic E-state index is 13.4. The van der Waals surface area contributed by atoms with Crippen molar-refractivity contribution in [1.29, 1.82) is 0 Å². The van der Waals surface area contributed by atoms with E-state index < -0.39 is 0 Å². The SMILES string of the molecule is O=C(Nc1nc2c(s1)CCCC2C(=O)N1CCC(Cc2ccccc2)CC1)c1ccccc1. The Bertz CT molecular complexity index is 1100. The lowest BCUT2D eigenvalue weighted by Gasteiger charge is -2.35. The largest absolute Gasteiger partial charge is 0.342 e. The Morgan fingerprint density at radius 1 is 0.970 bits per heavy atom. The zero-order valence-corrected chi connectivity index (χ0v) is 19.5. The van der Waals surface area contributed by atoms with Crippen LogP contribution in [0.3, 0.4) is 0 Å². The molecule has 1 fully saturated rings. The van der Waals surface area contributed by atoms with Gasteiger partial charge in [-0.2, -0.15) is 0 Å². The summed E-state index contributed by atoms with van der Waals surface area (Å²) in [4.78, 5) is 33.9. The number of thiazole rings is 1. The van der Waals surface area contributed by atoms with Gasteiger partial charge in [-0.3, -0.25) is 14.9 Å². The highest BCUT2D eigenvalue weighted by Gasteiger charge is 2.34. The molecule has 1 atom stereocenters. The number of carbonyl (C=O) groups is 2. The molecule has 170 valence electrons. The molecule has 1 saturated heterocycles. The van der Waals surface area contributed by atoms with E-state index in [9.17, 15) is 9.59 Å². The molecule has 1 aliphatic carbocycles. The van der Waals surface area contributed by atoms with Crippen LogP contribution >= 0.6 is 11.3 Å². The maximum atomic E-state index is 13.4. The topological polar surface area (TPSA) is 62.3 Å². The Hall–Kier alpha value is -2.99. The number of benzene rings is 2. The molecule has 33 heavy (non-hydrogen) atoms. The summed E-state index contributed by atoms with van der Waals surface area (Å²) in [5, 5.41) is 3.52. The highest BCUT2D eigenvalue weighted by Crippen LogP contribution is 2.38. The van der Waals surface area contributed by atoms with Gasteiger partial charge in [-0.1, -0.05) is 48.5 Å². The third-order valence-electron chi connectivity index (χ3n) is 6.80. The summed E-state index contributed by atoms with van der Waals surface area (Å²) in [5.74, 6) is 0.501. The normalized spacial score (nSPS) is 18.5. The van der Waals surface area contributed by atoms with Crippen molar-refractivity contribution in [2.24, 2.45) is 5.92 Å². The van der Waals surface area contributed by atoms with Gasteiger partial charge >= 0.3 is 0 Å². The van der Waals surface area contributed by atoms with Crippen molar-refractivity contribution in [3.63, 3.8) is 0 Å². The highest BCUT2D eigenvalue weighted by atomic mass is 32.1. The van der Waals surface area contributed by atoms with Crippen molar-refractivity contribution in [2.45, 2.75) is 44.4 Å². The van der Waals surface area contributed by atoms with Crippen LogP contribution in [-0.4, -0.2) is 34.8 Å². The van der Waals surface area contributed by atoms with Gasteiger partial charge in [0.2, 0.25) is 5.91 Å². The Labute approximate surface area is 198 Å². The van der Waals surface area contributed by atoms with Gasteiger partial charge in [0.15, 0.2) is 5.13 Å². The van der Waals surface area contributed by atoms with Gasteiger partial charge in [0, 0.05) is 23.5 Å². The van der Waals surface area contributed by atoms with Gasteiger partial charge in [-0.25, -0.2) is 4.98 Å². The quantitative estimate of drug-likeness (QED) is 0.563. The van der Waals surface area contributed by atoms with Crippen molar-refractivity contribution in [2.75, 3.05) is 18.4 Å². The molecule has 1 unspecified atom stereocenters. The molecule has 2 aliphatic rings. The molecule has 3 aromatic rings. The Morgan fingerprint density at radius 3 is 2.39 bits per heavy atom. The van der Waals surface area contributed by atoms with Gasteiger partial charge in [0.05, 0.1) is 11.6 Å². The van der Waals surface area contributed by atoms with E-state index in [0.717, 1.165) is 62.2 Å². The summed E-state index contributed by atoms with van der Waals surface area (Å²) in [5.41, 5.74) is 2.87. The first-order valence-electron chi connectivity index (χ1n) is 11.9. The van der Waals surface area contributed by atoms with Crippen LogP contribution in [0.2, 0.25) is 0 Å². The molecular formula is C27H29N3O2S. The first kappa shape index (κ1) is 21.8. The van der Waals surface area contributed by atoms with Crippen molar-refractivity contribution in [1.82, 2.24) is 9.88 Å². The Morgan fingerprint density at radius 2 is 1.67 bits per heavy atom. The minimum atomic E-state index is -0.182. The summed E-state index contributed by atoms with van der Waals surface area (Å²) in [6.45, 7) is 1.65. The standard InChI is InChI=1S/C27H29N3O2S/c31-25(21-10-5-2-6-11-21)29-27-28-24-22(12-7-13-23(24)33-27)26(32)30-16-14-20(15-17-30)18-19-8-3-1-4-9-19/h1-6,8-11,20,22H,7,12-18H2,(H,28,29,31). The summed E-state index contributed by atoms with van der Waals surface area (Å²) in [6.07, 6.45) is 5.95. The minimum Gasteiger partial charge on any atom is -0.342 e. The van der Waals surface area contributed by atoms with Gasteiger partial charge in [0.1, 0.15) is 0 Å². The molecule has 6 heteroatoms. The van der Waals surface area contributed by atoms with Crippen LogP contribution < -0.4 is 5.32 Å². The van der Waals surface area contributed by atoms with E-state index >= 15 is 0 Å². The number of amides is 2. The number of piperidine rings is 1. The van der Waals surface area contributed by atoms with E-state index in [1.807, 2.05) is 23.1 Å². The van der Waals surface area contributed by atoms with E-state index in [2.05, 4.69) is 35.6 Å². The molecule has 1 aromatic heterocycles. The number of nitrogens with zero attached hydrogens (tertiary/aromatic N) is 2. The molecule has 1 N–H and O–H groups in total. The number of aryl methyl sites for hydroxylation is 1. The van der Waals surface area contributed by atoms with Crippen LogP contribution in [0.5, 0.6) is 0 Å². The van der Waals surface area contributed by atoms with Crippen LogP contribution in [0.4, 0.5) is 5.13 Å². The lowest BCUT2D eigenvalue weighted by molar-refractivity contribution is -0.134. The summed E-state index contributed by atoms with van der Waals surface area (Å²) < 4.78 is 0. The van der Waals surface area contributed by atoms with Crippen molar-refractivity contribution in [3.05, 3.63) is 82.4 Å². The Balaban J connectivity index is 1.22. The molecule has 2 heterocycles. The third kappa shape index (κ3) is 5.01. The molecule has 2 aromatic carbocycles. The average Bonchev–Trinajstić information content (AvgIpc) is 3.28. The predicted octanol–water partition coefficient (Wildman–Crippen LogP) is 5.30. The van der Waals surface area contributed by atoms with Crippen LogP contribution in [-0.2, 0) is 17.6 Å². The van der Waals surface area contributed by atoms with Crippen molar-refractivity contribution in [3.8, 4) is 0 Å². The van der Waals surface area contributed by atoms with Crippen LogP contribution in [0, 0.1) is 5.92 Å². The lowest BCUT2D eigenvalue weighted by atomic mass is 9.87. The van der Waals surface area contributed by atoms with E-state index in [4.69, 9.17) is 4.98 Å². The van der Waals surface area contributed by atoms with Gasteiger partial charge in [-0.05, 0) is 62.1 Å². The molecule has 5 rings (SSSR count). The fourth-order valence-corrected chi connectivity index (χ4v) is 6.06. The van der Waals surface area contributed by atoms with E-state index in [1.165, 1.54) is 16.9 Å². The van der Waals surface area contributed by atoms with E-state index in [-0.39, 0.29) is 17.7 Å². The number of fused-ring (bicyclic) bond motifs is 1. The van der Waals surface area contributed by atoms with Crippen LogP contribution in [0.25, 0.3) is 0 Å². The first-order chi connectivity index (χ1) is 16.2. The fraction of sp³-hybridized carbons (Fsp3) is 0.370. The number of hydrogen-bond donors (Lipinski definition) is 1. The minimum absolute atomic E-state index is 0.162. The second kappa shape index (κ2) is 9.87. The number of carbonyl (C=O) groups excluding carboxylic acids is 2. The second-order valence-corrected chi connectivity index (χ2v) is 10.1. The number of hydrogen-bond acceptors (Lipinski definition) is 4. The highest BCUT2D eigenvalue weighted by molar-refractivity contribution is 7.16. The third-order valence-corrected chi connectivity index (χ3v) is 7.85. The van der Waals surface area contributed by atoms with Crippen LogP contribution in [0.1, 0.15) is 58.1 Å². The zero-order chi connectivity index (χ0) is 22.6. The molecule has 2 amide bonds. The summed E-state index contributed by atoms with van der Waals surface area (Å²) in [7, 11) is 0. The second-order valence-electron chi connectivity index (χ2n) is 9.05. The number of rotatable bonds is 5. The number of anilines is 1. The number of likely N-dealkylation sites (tertiary alicyclic amines) is 1. The number of nitrogens with one attached hydrogen (secondary N) is 1. The molecule has 0 bridgehead atoms. The van der Waals surface area contributed by atoms with E-state index in [0.29, 0.717) is 16.6 Å². The summed E-state index contributed by atoms with van der Waals surface area (Å²) >= 11 is 1.51. The zero-order valence-electron chi connectivity index (χ0n) is 18.7. The smallest absolute Gasteiger partial charge is 0.257 e. The molecular weight excluding hydrogens is 430 g/mol. The fourth-order valence-electron chi connectivity index (χ4n) is 5.00. The lowest BCUT2D eigenvalue weighted by Crippen LogP contribution is -2.42. The van der Waals surface area contributed by atoms with Gasteiger partial charge in [0.25, 0.3) is 5.91 Å². The maximum Gasteiger partial charge on any atom is 0.257 e. The molecule has 1 aliphatic heterocycles. The monoisotopic (exact) mass is 459 g/mol. The van der Waals surface area contributed by atoms with E-state index in [1.54, 1.807) is 12.1 Å². The molecule has 0 spiro atoms. The summed E-state index contributed by atoms with van der Waals surface area (Å²) in [6, 6.07) is 19.8. The van der Waals surface area contributed by atoms with Gasteiger partial charge < -0.3 is 4.90 Å². The molecule has 0 radical (unpaired) electrons. The average molecular weight is 460 g/mol. The van der Waals surface area contributed by atoms with Crippen molar-refractivity contribution < 1.29 is 9.59 Å². The first-order valence-corrected chi connectivity index (χ1v) is 12.7.